The molecule has 2 aromatic carbocycles. The van der Waals surface area contributed by atoms with Gasteiger partial charge in [0.05, 0.1) is 24.7 Å². The molecule has 208 valence electrons. The van der Waals surface area contributed by atoms with E-state index in [0.717, 1.165) is 22.3 Å². The molecule has 0 bridgehead atoms. The Labute approximate surface area is 233 Å². The molecule has 0 radical (unpaired) electrons. The monoisotopic (exact) mass is 543 g/mol. The second kappa shape index (κ2) is 15.1. The fourth-order valence-electron chi connectivity index (χ4n) is 4.26. The summed E-state index contributed by atoms with van der Waals surface area (Å²) < 4.78 is 15.7. The van der Waals surface area contributed by atoms with Crippen LogP contribution in [0.3, 0.4) is 0 Å². The van der Waals surface area contributed by atoms with Gasteiger partial charge in [0.15, 0.2) is 0 Å². The van der Waals surface area contributed by atoms with Crippen molar-refractivity contribution in [2.75, 3.05) is 0 Å². The number of hydrogen-bond donors (Lipinski definition) is 3. The standard InChI is InChI=1S/C31H33N3O6/c35-29(18-27(16-23-8-3-1-4-9-23)33-30(36)40-22-26-13-15-38-20-26)28(17-24-10-5-2-6-11-24)34-31(37)39-21-25-12-7-14-32-19-25/h1-15,19-20,27-29,35H,16-18,21-22H2,(H,33,36)(H,34,37)/t27-,28-,29-/m0/s1. The number of nitrogens with one attached hydrogen (secondary N) is 2. The Bertz CT molecular complexity index is 1290. The van der Waals surface area contributed by atoms with Gasteiger partial charge in [-0.05, 0) is 42.5 Å². The fourth-order valence-corrected chi connectivity index (χ4v) is 4.26. The molecule has 4 aromatic rings. The smallest absolute Gasteiger partial charge is 0.407 e. The molecule has 0 saturated heterocycles. The van der Waals surface area contributed by atoms with Crippen LogP contribution < -0.4 is 10.6 Å². The van der Waals surface area contributed by atoms with Gasteiger partial charge in [-0.1, -0.05) is 66.7 Å². The van der Waals surface area contributed by atoms with Gasteiger partial charge in [-0.15, -0.1) is 0 Å². The molecule has 0 aliphatic carbocycles. The molecular weight excluding hydrogens is 510 g/mol. The van der Waals surface area contributed by atoms with Crippen molar-refractivity contribution < 1.29 is 28.6 Å². The van der Waals surface area contributed by atoms with Gasteiger partial charge in [0.2, 0.25) is 0 Å². The van der Waals surface area contributed by atoms with Gasteiger partial charge >= 0.3 is 12.2 Å². The van der Waals surface area contributed by atoms with Crippen molar-refractivity contribution in [3.8, 4) is 0 Å². The molecule has 2 heterocycles. The Hall–Kier alpha value is -4.63. The summed E-state index contributed by atoms with van der Waals surface area (Å²) in [5.74, 6) is 0. The van der Waals surface area contributed by atoms with Gasteiger partial charge in [-0.2, -0.15) is 0 Å². The largest absolute Gasteiger partial charge is 0.472 e. The van der Waals surface area contributed by atoms with E-state index in [-0.39, 0.29) is 19.6 Å². The zero-order chi connectivity index (χ0) is 28.0. The van der Waals surface area contributed by atoms with Crippen molar-refractivity contribution in [2.24, 2.45) is 0 Å². The Kier molecular flexibility index (Phi) is 10.7. The number of alkyl carbamates (subject to hydrolysis) is 2. The molecule has 0 spiro atoms. The first kappa shape index (κ1) is 28.4. The molecule has 0 fully saturated rings. The average Bonchev–Trinajstić information content (AvgIpc) is 3.50. The molecular formula is C31H33N3O6. The number of benzene rings is 2. The minimum absolute atomic E-state index is 0.0501. The molecule has 9 nitrogen and oxygen atoms in total. The number of pyridine rings is 1. The number of aromatic nitrogens is 1. The average molecular weight is 544 g/mol. The Balaban J connectivity index is 1.43. The first-order chi connectivity index (χ1) is 19.5. The summed E-state index contributed by atoms with van der Waals surface area (Å²) in [4.78, 5) is 29.4. The van der Waals surface area contributed by atoms with Crippen LogP contribution in [-0.2, 0) is 35.5 Å². The first-order valence-corrected chi connectivity index (χ1v) is 13.1. The number of carbonyl (C=O) groups excluding carboxylic acids is 2. The summed E-state index contributed by atoms with van der Waals surface area (Å²) in [5.41, 5.74) is 3.40. The molecule has 0 aliphatic rings. The van der Waals surface area contributed by atoms with Crippen LogP contribution in [0.5, 0.6) is 0 Å². The number of carbonyl (C=O) groups is 2. The molecule has 3 N–H and O–H groups in total. The molecule has 9 heteroatoms. The van der Waals surface area contributed by atoms with Crippen LogP contribution in [0.1, 0.15) is 28.7 Å². The SMILES string of the molecule is O=C(N[C@@H](Cc1ccccc1)C[C@H](O)[C@H](Cc1ccccc1)NC(=O)OCc1cccnc1)OCc1ccoc1. The van der Waals surface area contributed by atoms with Crippen LogP contribution in [0.4, 0.5) is 9.59 Å². The van der Waals surface area contributed by atoms with Crippen LogP contribution in [0.15, 0.2) is 108 Å². The van der Waals surface area contributed by atoms with E-state index in [1.54, 1.807) is 24.5 Å². The number of furan rings is 1. The second-order valence-corrected chi connectivity index (χ2v) is 9.42. The van der Waals surface area contributed by atoms with E-state index in [1.807, 2.05) is 66.7 Å². The third-order valence-electron chi connectivity index (χ3n) is 6.28. The second-order valence-electron chi connectivity index (χ2n) is 9.42. The number of ether oxygens (including phenoxy) is 2. The summed E-state index contributed by atoms with van der Waals surface area (Å²) in [6.45, 7) is 0.110. The van der Waals surface area contributed by atoms with Gasteiger partial charge in [0, 0.05) is 29.6 Å². The van der Waals surface area contributed by atoms with Crippen molar-refractivity contribution in [3.05, 3.63) is 126 Å². The normalized spacial score (nSPS) is 13.0. The molecule has 2 amide bonds. The molecule has 0 saturated carbocycles. The third-order valence-corrected chi connectivity index (χ3v) is 6.28. The minimum atomic E-state index is -1.01. The lowest BCUT2D eigenvalue weighted by atomic mass is 9.94. The highest BCUT2D eigenvalue weighted by Crippen LogP contribution is 2.15. The van der Waals surface area contributed by atoms with Crippen molar-refractivity contribution in [2.45, 2.75) is 50.7 Å². The molecule has 2 aromatic heterocycles. The van der Waals surface area contributed by atoms with Crippen LogP contribution in [-0.4, -0.2) is 40.5 Å². The number of aliphatic hydroxyl groups excluding tert-OH is 1. The highest BCUT2D eigenvalue weighted by molar-refractivity contribution is 5.68. The lowest BCUT2D eigenvalue weighted by Gasteiger charge is -2.28. The Morgan fingerprint density at radius 1 is 0.775 bits per heavy atom. The molecule has 40 heavy (non-hydrogen) atoms. The van der Waals surface area contributed by atoms with E-state index in [9.17, 15) is 14.7 Å². The summed E-state index contributed by atoms with van der Waals surface area (Å²) in [5, 5.41) is 17.1. The summed E-state index contributed by atoms with van der Waals surface area (Å²) in [7, 11) is 0. The molecule has 0 aliphatic heterocycles. The van der Waals surface area contributed by atoms with E-state index in [2.05, 4.69) is 15.6 Å². The van der Waals surface area contributed by atoms with Gasteiger partial charge in [-0.3, -0.25) is 4.98 Å². The number of rotatable bonds is 13. The summed E-state index contributed by atoms with van der Waals surface area (Å²) >= 11 is 0. The van der Waals surface area contributed by atoms with Gasteiger partial charge < -0.3 is 29.6 Å². The van der Waals surface area contributed by atoms with Crippen molar-refractivity contribution in [1.29, 1.82) is 0 Å². The van der Waals surface area contributed by atoms with E-state index < -0.39 is 30.4 Å². The topological polar surface area (TPSA) is 123 Å². The first-order valence-electron chi connectivity index (χ1n) is 13.1. The van der Waals surface area contributed by atoms with Crippen LogP contribution in [0.2, 0.25) is 0 Å². The Morgan fingerprint density at radius 2 is 1.40 bits per heavy atom. The maximum Gasteiger partial charge on any atom is 0.407 e. The van der Waals surface area contributed by atoms with E-state index >= 15 is 0 Å². The lowest BCUT2D eigenvalue weighted by Crippen LogP contribution is -2.48. The van der Waals surface area contributed by atoms with Crippen LogP contribution in [0, 0.1) is 0 Å². The zero-order valence-electron chi connectivity index (χ0n) is 22.0. The summed E-state index contributed by atoms with van der Waals surface area (Å²) in [6.07, 6.45) is 4.99. The van der Waals surface area contributed by atoms with Crippen LogP contribution in [0.25, 0.3) is 0 Å². The van der Waals surface area contributed by atoms with Crippen molar-refractivity contribution in [1.82, 2.24) is 15.6 Å². The molecule has 0 unspecified atom stereocenters. The van der Waals surface area contributed by atoms with Gasteiger partial charge in [0.1, 0.15) is 13.2 Å². The number of nitrogens with zero attached hydrogens (tertiary/aromatic N) is 1. The third kappa shape index (κ3) is 9.59. The van der Waals surface area contributed by atoms with E-state index in [4.69, 9.17) is 13.9 Å². The predicted molar refractivity (Wildman–Crippen MR) is 148 cm³/mol. The maximum absolute atomic E-state index is 12.7. The predicted octanol–water partition coefficient (Wildman–Crippen LogP) is 4.80. The Morgan fingerprint density at radius 3 is 2.02 bits per heavy atom. The van der Waals surface area contributed by atoms with E-state index in [0.29, 0.717) is 12.8 Å². The number of aliphatic hydroxyl groups is 1. The highest BCUT2D eigenvalue weighted by atomic mass is 16.6. The van der Waals surface area contributed by atoms with Crippen molar-refractivity contribution >= 4 is 12.2 Å². The fraction of sp³-hybridized carbons (Fsp3) is 0.258. The van der Waals surface area contributed by atoms with Crippen molar-refractivity contribution in [3.63, 3.8) is 0 Å². The maximum atomic E-state index is 12.7. The quantitative estimate of drug-likeness (QED) is 0.221. The number of hydrogen-bond acceptors (Lipinski definition) is 7. The molecule has 3 atom stereocenters. The van der Waals surface area contributed by atoms with Gasteiger partial charge in [-0.25, -0.2) is 9.59 Å². The van der Waals surface area contributed by atoms with E-state index in [1.165, 1.54) is 12.5 Å². The molecule has 4 rings (SSSR count). The van der Waals surface area contributed by atoms with Crippen LogP contribution >= 0.6 is 0 Å². The number of amides is 2. The highest BCUT2D eigenvalue weighted by Gasteiger charge is 2.27. The lowest BCUT2D eigenvalue weighted by molar-refractivity contribution is 0.0860. The zero-order valence-corrected chi connectivity index (χ0v) is 22.0. The minimum Gasteiger partial charge on any atom is -0.472 e. The van der Waals surface area contributed by atoms with Gasteiger partial charge in [0.25, 0.3) is 0 Å². The summed E-state index contributed by atoms with van der Waals surface area (Å²) in [6, 6.07) is 23.3.